The van der Waals surface area contributed by atoms with Gasteiger partial charge in [0.1, 0.15) is 6.61 Å². The summed E-state index contributed by atoms with van der Waals surface area (Å²) >= 11 is 0. The molecule has 0 aromatic rings. The summed E-state index contributed by atoms with van der Waals surface area (Å²) in [4.78, 5) is 25.1. The van der Waals surface area contributed by atoms with Crippen molar-refractivity contribution in [2.24, 2.45) is 0 Å². The highest BCUT2D eigenvalue weighted by Gasteiger charge is 2.33. The molecule has 0 bridgehead atoms. The number of amides is 2. The Morgan fingerprint density at radius 3 is 2.79 bits per heavy atom. The van der Waals surface area contributed by atoms with Gasteiger partial charge in [-0.1, -0.05) is 12.3 Å². The van der Waals surface area contributed by atoms with Crippen LogP contribution in [0.2, 0.25) is 0 Å². The third kappa shape index (κ3) is 7.77. The number of β-amino-alcohol motifs (C(OH)–C–C–N with tert-alkyl or cyclic N) is 1. The van der Waals surface area contributed by atoms with Gasteiger partial charge < -0.3 is 25.2 Å². The molecule has 1 rings (SSSR count). The summed E-state index contributed by atoms with van der Waals surface area (Å²) in [7, 11) is 0. The van der Waals surface area contributed by atoms with Crippen molar-refractivity contribution in [3.05, 3.63) is 0 Å². The second-order valence-electron chi connectivity index (χ2n) is 5.94. The topological polar surface area (TPSA) is 99.1 Å². The number of hydrogen-bond acceptors (Lipinski definition) is 5. The number of aliphatic hydroxyl groups excluding tert-OH is 2. The fourth-order valence-electron chi connectivity index (χ4n) is 2.70. The Kier molecular flexibility index (Phi) is 10.1. The number of terminal acetylenes is 1. The average Bonchev–Trinajstić information content (AvgIpc) is 2.95. The Morgan fingerprint density at radius 1 is 1.29 bits per heavy atom. The molecule has 1 heterocycles. The molecule has 0 unspecified atom stereocenters. The summed E-state index contributed by atoms with van der Waals surface area (Å²) in [5.74, 6) is 2.24. The van der Waals surface area contributed by atoms with Gasteiger partial charge in [-0.25, -0.2) is 0 Å². The number of unbranched alkanes of at least 4 members (excludes halogenated alkanes) is 2. The van der Waals surface area contributed by atoms with Gasteiger partial charge in [0.15, 0.2) is 0 Å². The number of carbonyl (C=O) groups is 2. The zero-order valence-corrected chi connectivity index (χ0v) is 14.1. The zero-order chi connectivity index (χ0) is 17.8. The normalized spacial score (nSPS) is 20.0. The van der Waals surface area contributed by atoms with Crippen molar-refractivity contribution < 1.29 is 24.5 Å². The molecule has 2 amide bonds. The molecule has 0 spiro atoms. The molecular formula is C17H28N2O5. The van der Waals surface area contributed by atoms with E-state index in [0.29, 0.717) is 39.0 Å². The molecule has 2 atom stereocenters. The first kappa shape index (κ1) is 20.4. The third-order valence-corrected chi connectivity index (χ3v) is 3.97. The highest BCUT2D eigenvalue weighted by molar-refractivity contribution is 5.77. The molecule has 1 fully saturated rings. The minimum Gasteiger partial charge on any atom is -0.394 e. The van der Waals surface area contributed by atoms with Gasteiger partial charge in [-0.15, -0.1) is 6.42 Å². The van der Waals surface area contributed by atoms with E-state index in [2.05, 4.69) is 11.2 Å². The molecule has 0 aliphatic carbocycles. The average molecular weight is 340 g/mol. The summed E-state index contributed by atoms with van der Waals surface area (Å²) < 4.78 is 5.02. The summed E-state index contributed by atoms with van der Waals surface area (Å²) in [6.45, 7) is 1.30. The van der Waals surface area contributed by atoms with Crippen LogP contribution in [0.15, 0.2) is 0 Å². The molecule has 136 valence electrons. The monoisotopic (exact) mass is 340 g/mol. The van der Waals surface area contributed by atoms with Crippen molar-refractivity contribution in [2.75, 3.05) is 32.9 Å². The Hall–Kier alpha value is -1.62. The summed E-state index contributed by atoms with van der Waals surface area (Å²) in [6, 6.07) is -0.261. The minimum atomic E-state index is -0.536. The predicted molar refractivity (Wildman–Crippen MR) is 89.0 cm³/mol. The van der Waals surface area contributed by atoms with E-state index in [1.54, 1.807) is 4.90 Å². The summed E-state index contributed by atoms with van der Waals surface area (Å²) in [5.41, 5.74) is 0. The van der Waals surface area contributed by atoms with Crippen LogP contribution in [0, 0.1) is 12.3 Å². The van der Waals surface area contributed by atoms with E-state index in [1.165, 1.54) is 0 Å². The molecule has 0 saturated carbocycles. The number of likely N-dealkylation sites (tertiary alicyclic amines) is 1. The molecular weight excluding hydrogens is 312 g/mol. The first-order chi connectivity index (χ1) is 11.6. The molecule has 24 heavy (non-hydrogen) atoms. The lowest BCUT2D eigenvalue weighted by Crippen LogP contribution is -2.37. The van der Waals surface area contributed by atoms with Crippen molar-refractivity contribution in [1.29, 1.82) is 0 Å². The van der Waals surface area contributed by atoms with Gasteiger partial charge in [0, 0.05) is 19.5 Å². The van der Waals surface area contributed by atoms with Crippen molar-refractivity contribution in [3.63, 3.8) is 0 Å². The number of hydrogen-bond donors (Lipinski definition) is 3. The lowest BCUT2D eigenvalue weighted by atomic mass is 10.1. The molecule has 0 aromatic carbocycles. The maximum absolute atomic E-state index is 12.1. The van der Waals surface area contributed by atoms with Gasteiger partial charge in [-0.3, -0.25) is 9.59 Å². The largest absolute Gasteiger partial charge is 0.394 e. The minimum absolute atomic E-state index is 0.0275. The third-order valence-electron chi connectivity index (χ3n) is 3.97. The van der Waals surface area contributed by atoms with Crippen LogP contribution in [0.4, 0.5) is 0 Å². The van der Waals surface area contributed by atoms with Crippen LogP contribution in [0.5, 0.6) is 0 Å². The van der Waals surface area contributed by atoms with E-state index in [0.717, 1.165) is 19.3 Å². The number of aliphatic hydroxyl groups is 2. The van der Waals surface area contributed by atoms with E-state index in [9.17, 15) is 19.8 Å². The number of nitrogens with zero attached hydrogens (tertiary/aromatic N) is 1. The first-order valence-electron chi connectivity index (χ1n) is 8.44. The fourth-order valence-corrected chi connectivity index (χ4v) is 2.70. The SMILES string of the molecule is C#CCOCCC(=O)NCCCCCC(=O)N1C[C@H](O)C[C@H]1CO. The predicted octanol–water partition coefficient (Wildman–Crippen LogP) is -0.343. The molecule has 1 saturated heterocycles. The van der Waals surface area contributed by atoms with Crippen molar-refractivity contribution in [2.45, 2.75) is 50.7 Å². The van der Waals surface area contributed by atoms with Gasteiger partial charge in [0.2, 0.25) is 11.8 Å². The number of nitrogens with one attached hydrogen (secondary N) is 1. The van der Waals surface area contributed by atoms with E-state index >= 15 is 0 Å². The number of rotatable bonds is 11. The summed E-state index contributed by atoms with van der Waals surface area (Å²) in [5, 5.41) is 21.6. The molecule has 3 N–H and O–H groups in total. The van der Waals surface area contributed by atoms with E-state index in [1.807, 2.05) is 0 Å². The maximum atomic E-state index is 12.1. The standard InChI is InChI=1S/C17H28N2O5/c1-2-9-24-10-7-16(22)18-8-5-3-4-6-17(23)19-12-15(21)11-14(19)13-20/h1,14-15,20-21H,3-13H2,(H,18,22)/t14-,15+/m0/s1. The van der Waals surface area contributed by atoms with Gasteiger partial charge >= 0.3 is 0 Å². The van der Waals surface area contributed by atoms with Crippen LogP contribution in [-0.4, -0.2) is 72.0 Å². The number of ether oxygens (including phenoxy) is 1. The molecule has 7 nitrogen and oxygen atoms in total. The van der Waals surface area contributed by atoms with Crippen LogP contribution < -0.4 is 5.32 Å². The van der Waals surface area contributed by atoms with Gasteiger partial charge in [0.25, 0.3) is 0 Å². The van der Waals surface area contributed by atoms with Crippen molar-refractivity contribution >= 4 is 11.8 Å². The Labute approximate surface area is 143 Å². The molecule has 1 aliphatic heterocycles. The highest BCUT2D eigenvalue weighted by atomic mass is 16.5. The Bertz CT molecular complexity index is 435. The molecule has 0 aromatic heterocycles. The van der Waals surface area contributed by atoms with Crippen molar-refractivity contribution in [3.8, 4) is 12.3 Å². The van der Waals surface area contributed by atoms with Crippen LogP contribution in [0.1, 0.15) is 38.5 Å². The van der Waals surface area contributed by atoms with E-state index < -0.39 is 6.10 Å². The van der Waals surface area contributed by atoms with Crippen molar-refractivity contribution in [1.82, 2.24) is 10.2 Å². The smallest absolute Gasteiger partial charge is 0.222 e. The van der Waals surface area contributed by atoms with E-state index in [4.69, 9.17) is 11.2 Å². The van der Waals surface area contributed by atoms with Crippen LogP contribution in [-0.2, 0) is 14.3 Å². The maximum Gasteiger partial charge on any atom is 0.222 e. The quantitative estimate of drug-likeness (QED) is 0.353. The first-order valence-corrected chi connectivity index (χ1v) is 8.44. The molecule has 7 heteroatoms. The lowest BCUT2D eigenvalue weighted by molar-refractivity contribution is -0.133. The number of carbonyl (C=O) groups excluding carboxylic acids is 2. The summed E-state index contributed by atoms with van der Waals surface area (Å²) in [6.07, 6.45) is 7.99. The zero-order valence-electron chi connectivity index (χ0n) is 14.1. The molecule has 1 aliphatic rings. The van der Waals surface area contributed by atoms with Crippen LogP contribution >= 0.6 is 0 Å². The van der Waals surface area contributed by atoms with Gasteiger partial charge in [-0.2, -0.15) is 0 Å². The van der Waals surface area contributed by atoms with Gasteiger partial charge in [-0.05, 0) is 19.3 Å². The van der Waals surface area contributed by atoms with E-state index in [-0.39, 0.29) is 31.1 Å². The highest BCUT2D eigenvalue weighted by Crippen LogP contribution is 2.19. The van der Waals surface area contributed by atoms with Crippen LogP contribution in [0.25, 0.3) is 0 Å². The van der Waals surface area contributed by atoms with Gasteiger partial charge in [0.05, 0.1) is 31.8 Å². The second kappa shape index (κ2) is 11.8. The lowest BCUT2D eigenvalue weighted by Gasteiger charge is -2.22. The van der Waals surface area contributed by atoms with Crippen LogP contribution in [0.3, 0.4) is 0 Å². The molecule has 0 radical (unpaired) electrons. The fraction of sp³-hybridized carbons (Fsp3) is 0.765. The Morgan fingerprint density at radius 2 is 2.08 bits per heavy atom. The Balaban J connectivity index is 2.03. The second-order valence-corrected chi connectivity index (χ2v) is 5.94.